The molecule has 0 aliphatic carbocycles. The monoisotopic (exact) mass is 397 g/mol. The van der Waals surface area contributed by atoms with Gasteiger partial charge < -0.3 is 5.32 Å². The number of benzene rings is 1. The van der Waals surface area contributed by atoms with Crippen LogP contribution in [-0.2, 0) is 6.54 Å². The van der Waals surface area contributed by atoms with E-state index in [1.165, 1.54) is 16.8 Å². The third-order valence-corrected chi connectivity index (χ3v) is 3.64. The molecule has 2 rings (SSSR count). The van der Waals surface area contributed by atoms with Gasteiger partial charge in [0.1, 0.15) is 5.69 Å². The summed E-state index contributed by atoms with van der Waals surface area (Å²) in [6.07, 6.45) is 1.82. The van der Waals surface area contributed by atoms with Crippen molar-refractivity contribution in [2.45, 2.75) is 26.3 Å². The van der Waals surface area contributed by atoms with Crippen molar-refractivity contribution in [2.75, 3.05) is 5.32 Å². The average Bonchev–Trinajstić information content (AvgIpc) is 2.48. The molecule has 1 aromatic heterocycles. The van der Waals surface area contributed by atoms with Crippen LogP contribution in [0.5, 0.6) is 0 Å². The normalized spacial score (nSPS) is 10.4. The molecule has 0 saturated heterocycles. The number of unbranched alkanes of at least 4 members (excludes halogenated alkanes) is 1. The molecule has 2 aromatic rings. The van der Waals surface area contributed by atoms with Gasteiger partial charge >= 0.3 is 0 Å². The summed E-state index contributed by atoms with van der Waals surface area (Å²) < 4.78 is 2.43. The summed E-state index contributed by atoms with van der Waals surface area (Å²) in [5.41, 5.74) is 0.757. The molecule has 0 bridgehead atoms. The number of carbonyl (C=O) groups is 1. The fourth-order valence-corrected chi connectivity index (χ4v) is 2.13. The Bertz CT molecular complexity index is 680. The maximum Gasteiger partial charge on any atom is 0.276 e. The summed E-state index contributed by atoms with van der Waals surface area (Å²) in [5.74, 6) is -0.318. The summed E-state index contributed by atoms with van der Waals surface area (Å²) in [4.78, 5) is 23.8. The van der Waals surface area contributed by atoms with Crippen LogP contribution in [-0.4, -0.2) is 15.7 Å². The van der Waals surface area contributed by atoms with Crippen molar-refractivity contribution in [3.63, 3.8) is 0 Å². The Morgan fingerprint density at radius 2 is 1.95 bits per heavy atom. The predicted octanol–water partition coefficient (Wildman–Crippen LogP) is 2.90. The van der Waals surface area contributed by atoms with Gasteiger partial charge in [0.15, 0.2) is 0 Å². The molecule has 0 aliphatic heterocycles. The summed E-state index contributed by atoms with van der Waals surface area (Å²) in [5, 5.41) is 6.88. The highest BCUT2D eigenvalue weighted by Gasteiger charge is 2.09. The zero-order chi connectivity index (χ0) is 15.2. The first-order valence-electron chi connectivity index (χ1n) is 6.75. The standard InChI is InChI=1S/C15H16IN3O2/c1-2-3-10-19-14(20)9-8-13(18-19)15(21)17-12-6-4-11(16)5-7-12/h4-9H,2-3,10H2,1H3,(H,17,21). The molecule has 1 N–H and O–H groups in total. The lowest BCUT2D eigenvalue weighted by Gasteiger charge is -2.07. The van der Waals surface area contributed by atoms with E-state index in [0.717, 1.165) is 16.4 Å². The topological polar surface area (TPSA) is 64.0 Å². The Kier molecular flexibility index (Phi) is 5.49. The largest absolute Gasteiger partial charge is 0.321 e. The number of carbonyl (C=O) groups excluding carboxylic acids is 1. The molecule has 110 valence electrons. The van der Waals surface area contributed by atoms with Crippen molar-refractivity contribution in [3.05, 3.63) is 56.0 Å². The van der Waals surface area contributed by atoms with Gasteiger partial charge in [-0.1, -0.05) is 13.3 Å². The molecule has 21 heavy (non-hydrogen) atoms. The summed E-state index contributed by atoms with van der Waals surface area (Å²) in [7, 11) is 0. The molecule has 0 radical (unpaired) electrons. The minimum absolute atomic E-state index is 0.186. The van der Waals surface area contributed by atoms with E-state index in [1.807, 2.05) is 31.2 Å². The lowest BCUT2D eigenvalue weighted by molar-refractivity contribution is 0.102. The minimum atomic E-state index is -0.318. The number of rotatable bonds is 5. The molecular weight excluding hydrogens is 381 g/mol. The number of anilines is 1. The molecule has 1 heterocycles. The van der Waals surface area contributed by atoms with E-state index >= 15 is 0 Å². The molecule has 0 aliphatic rings. The van der Waals surface area contributed by atoms with Crippen molar-refractivity contribution in [3.8, 4) is 0 Å². The van der Waals surface area contributed by atoms with E-state index in [2.05, 4.69) is 33.0 Å². The van der Waals surface area contributed by atoms with Crippen LogP contribution in [0, 0.1) is 3.57 Å². The zero-order valence-corrected chi connectivity index (χ0v) is 13.8. The Labute approximate surface area is 136 Å². The minimum Gasteiger partial charge on any atom is -0.321 e. The van der Waals surface area contributed by atoms with E-state index in [9.17, 15) is 9.59 Å². The van der Waals surface area contributed by atoms with Crippen molar-refractivity contribution >= 4 is 34.2 Å². The molecule has 0 atom stereocenters. The van der Waals surface area contributed by atoms with Crippen LogP contribution in [0.1, 0.15) is 30.3 Å². The van der Waals surface area contributed by atoms with E-state index < -0.39 is 0 Å². The number of hydrogen-bond donors (Lipinski definition) is 1. The van der Waals surface area contributed by atoms with Crippen LogP contribution in [0.2, 0.25) is 0 Å². The van der Waals surface area contributed by atoms with Crippen LogP contribution in [0.25, 0.3) is 0 Å². The molecule has 6 heteroatoms. The number of nitrogens with one attached hydrogen (secondary N) is 1. The lowest BCUT2D eigenvalue weighted by Crippen LogP contribution is -2.26. The third kappa shape index (κ3) is 4.38. The molecule has 1 aromatic carbocycles. The van der Waals surface area contributed by atoms with Crippen molar-refractivity contribution in [1.29, 1.82) is 0 Å². The van der Waals surface area contributed by atoms with E-state index in [4.69, 9.17) is 0 Å². The smallest absolute Gasteiger partial charge is 0.276 e. The number of halogens is 1. The Morgan fingerprint density at radius 3 is 2.62 bits per heavy atom. The Morgan fingerprint density at radius 1 is 1.24 bits per heavy atom. The quantitative estimate of drug-likeness (QED) is 0.790. The van der Waals surface area contributed by atoms with E-state index in [-0.39, 0.29) is 17.2 Å². The van der Waals surface area contributed by atoms with E-state index in [0.29, 0.717) is 12.2 Å². The van der Waals surface area contributed by atoms with Gasteiger partial charge in [-0.25, -0.2) is 4.68 Å². The lowest BCUT2D eigenvalue weighted by atomic mass is 10.3. The number of amides is 1. The SMILES string of the molecule is CCCCn1nc(C(=O)Nc2ccc(I)cc2)ccc1=O. The molecule has 5 nitrogen and oxygen atoms in total. The number of aryl methyl sites for hydroxylation is 1. The second-order valence-electron chi connectivity index (χ2n) is 4.59. The first-order valence-corrected chi connectivity index (χ1v) is 7.83. The van der Waals surface area contributed by atoms with Crippen LogP contribution >= 0.6 is 22.6 Å². The van der Waals surface area contributed by atoms with Gasteiger partial charge in [0, 0.05) is 21.9 Å². The fourth-order valence-electron chi connectivity index (χ4n) is 1.77. The van der Waals surface area contributed by atoms with Crippen LogP contribution in [0.15, 0.2) is 41.2 Å². The summed E-state index contributed by atoms with van der Waals surface area (Å²) >= 11 is 2.20. The maximum absolute atomic E-state index is 12.1. The summed E-state index contributed by atoms with van der Waals surface area (Å²) in [6, 6.07) is 10.3. The van der Waals surface area contributed by atoms with Crippen molar-refractivity contribution in [1.82, 2.24) is 9.78 Å². The molecule has 0 unspecified atom stereocenters. The molecular formula is C15H16IN3O2. The van der Waals surface area contributed by atoms with Gasteiger partial charge in [-0.05, 0) is 59.3 Å². The van der Waals surface area contributed by atoms with Gasteiger partial charge in [-0.2, -0.15) is 5.10 Å². The summed E-state index contributed by atoms with van der Waals surface area (Å²) in [6.45, 7) is 2.57. The van der Waals surface area contributed by atoms with Gasteiger partial charge in [0.25, 0.3) is 11.5 Å². The molecule has 0 saturated carbocycles. The van der Waals surface area contributed by atoms with Gasteiger partial charge in [-0.15, -0.1) is 0 Å². The third-order valence-electron chi connectivity index (χ3n) is 2.92. The first kappa shape index (κ1) is 15.7. The highest BCUT2D eigenvalue weighted by molar-refractivity contribution is 14.1. The fraction of sp³-hybridized carbons (Fsp3) is 0.267. The second kappa shape index (κ2) is 7.35. The first-order chi connectivity index (χ1) is 10.1. The zero-order valence-electron chi connectivity index (χ0n) is 11.7. The number of aromatic nitrogens is 2. The van der Waals surface area contributed by atoms with Crippen molar-refractivity contribution < 1.29 is 4.79 Å². The van der Waals surface area contributed by atoms with E-state index in [1.54, 1.807) is 0 Å². The van der Waals surface area contributed by atoms with Crippen LogP contribution in [0.4, 0.5) is 5.69 Å². The molecule has 1 amide bonds. The van der Waals surface area contributed by atoms with Gasteiger partial charge in [-0.3, -0.25) is 9.59 Å². The second-order valence-corrected chi connectivity index (χ2v) is 5.84. The number of hydrogen-bond acceptors (Lipinski definition) is 3. The Balaban J connectivity index is 2.15. The maximum atomic E-state index is 12.1. The van der Waals surface area contributed by atoms with Crippen molar-refractivity contribution in [2.24, 2.45) is 0 Å². The van der Waals surface area contributed by atoms with Gasteiger partial charge in [0.2, 0.25) is 0 Å². The highest BCUT2D eigenvalue weighted by Crippen LogP contribution is 2.11. The highest BCUT2D eigenvalue weighted by atomic mass is 127. The van der Waals surface area contributed by atoms with Gasteiger partial charge in [0.05, 0.1) is 0 Å². The predicted molar refractivity (Wildman–Crippen MR) is 90.5 cm³/mol. The average molecular weight is 397 g/mol. The van der Waals surface area contributed by atoms with Crippen LogP contribution < -0.4 is 10.9 Å². The van der Waals surface area contributed by atoms with Crippen LogP contribution in [0.3, 0.4) is 0 Å². The number of nitrogens with zero attached hydrogens (tertiary/aromatic N) is 2. The molecule has 0 spiro atoms. The molecule has 0 fully saturated rings. The Hall–Kier alpha value is -1.70.